The predicted molar refractivity (Wildman–Crippen MR) is 79.5 cm³/mol. The number of hydrogen-bond acceptors (Lipinski definition) is 3. The number of aryl methyl sites for hydroxylation is 1. The Hall–Kier alpha value is -1.26. The summed E-state index contributed by atoms with van der Waals surface area (Å²) >= 11 is 5.71. The second-order valence-corrected chi connectivity index (χ2v) is 5.29. The Morgan fingerprint density at radius 3 is 2.80 bits per heavy atom. The van der Waals surface area contributed by atoms with Crippen molar-refractivity contribution in [3.05, 3.63) is 23.8 Å². The molecule has 0 heterocycles. The van der Waals surface area contributed by atoms with Crippen LogP contribution < -0.4 is 9.64 Å². The summed E-state index contributed by atoms with van der Waals surface area (Å²) < 4.78 is 11.0. The third kappa shape index (κ3) is 3.64. The van der Waals surface area contributed by atoms with E-state index in [9.17, 15) is 4.79 Å². The van der Waals surface area contributed by atoms with E-state index >= 15 is 0 Å². The highest BCUT2D eigenvalue weighted by atomic mass is 35.5. The van der Waals surface area contributed by atoms with Gasteiger partial charge in [0.25, 0.3) is 0 Å². The van der Waals surface area contributed by atoms with Crippen molar-refractivity contribution in [1.29, 1.82) is 0 Å². The fourth-order valence-corrected chi connectivity index (χ4v) is 2.22. The van der Waals surface area contributed by atoms with E-state index in [4.69, 9.17) is 21.1 Å². The molecule has 0 saturated heterocycles. The van der Waals surface area contributed by atoms with E-state index in [1.807, 2.05) is 25.1 Å². The molecule has 1 aromatic carbocycles. The molecule has 0 aromatic heterocycles. The van der Waals surface area contributed by atoms with Gasteiger partial charge in [0.2, 0.25) is 5.91 Å². The number of alkyl halides is 1. The fourth-order valence-electron chi connectivity index (χ4n) is 2.07. The van der Waals surface area contributed by atoms with Crippen molar-refractivity contribution in [1.82, 2.24) is 0 Å². The highest BCUT2D eigenvalue weighted by molar-refractivity contribution is 6.29. The number of anilines is 1. The largest absolute Gasteiger partial charge is 0.495 e. The summed E-state index contributed by atoms with van der Waals surface area (Å²) in [7, 11) is 1.59. The zero-order valence-electron chi connectivity index (χ0n) is 11.9. The molecule has 5 heteroatoms. The maximum absolute atomic E-state index is 12.1. The molecule has 1 amide bonds. The topological polar surface area (TPSA) is 38.8 Å². The predicted octanol–water partition coefficient (Wildman–Crippen LogP) is 2.96. The third-order valence-electron chi connectivity index (χ3n) is 3.38. The van der Waals surface area contributed by atoms with E-state index in [0.717, 1.165) is 11.3 Å². The second kappa shape index (κ2) is 6.95. The molecule has 0 atom stereocenters. The molecule has 110 valence electrons. The lowest BCUT2D eigenvalue weighted by atomic mass is 10.1. The molecule has 1 fully saturated rings. The maximum atomic E-state index is 12.1. The number of amides is 1. The quantitative estimate of drug-likeness (QED) is 0.574. The van der Waals surface area contributed by atoms with Gasteiger partial charge in [0.15, 0.2) is 0 Å². The molecule has 0 aliphatic heterocycles. The number of benzene rings is 1. The van der Waals surface area contributed by atoms with E-state index in [2.05, 4.69) is 0 Å². The van der Waals surface area contributed by atoms with Gasteiger partial charge in [0.05, 0.1) is 19.4 Å². The van der Waals surface area contributed by atoms with Crippen molar-refractivity contribution < 1.29 is 14.3 Å². The average Bonchev–Trinajstić information content (AvgIpc) is 3.27. The van der Waals surface area contributed by atoms with Crippen molar-refractivity contribution in [3.63, 3.8) is 0 Å². The minimum Gasteiger partial charge on any atom is -0.495 e. The summed E-state index contributed by atoms with van der Waals surface area (Å²) in [5.41, 5.74) is 1.69. The maximum Gasteiger partial charge on any atom is 0.243 e. The number of hydrogen-bond donors (Lipinski definition) is 0. The molecule has 4 nitrogen and oxygen atoms in total. The van der Waals surface area contributed by atoms with Crippen LogP contribution in [0.15, 0.2) is 18.2 Å². The van der Waals surface area contributed by atoms with Gasteiger partial charge in [-0.05, 0) is 37.3 Å². The summed E-state index contributed by atoms with van der Waals surface area (Å²) in [6, 6.07) is 5.66. The molecule has 1 aliphatic rings. The molecule has 0 unspecified atom stereocenters. The van der Waals surface area contributed by atoms with E-state index in [1.165, 1.54) is 12.8 Å². The Morgan fingerprint density at radius 1 is 1.45 bits per heavy atom. The number of halogens is 1. The smallest absolute Gasteiger partial charge is 0.243 e. The van der Waals surface area contributed by atoms with Crippen molar-refractivity contribution >= 4 is 23.2 Å². The first-order valence-corrected chi connectivity index (χ1v) is 7.28. The van der Waals surface area contributed by atoms with Crippen LogP contribution in [-0.2, 0) is 9.53 Å². The number of methoxy groups -OCH3 is 1. The summed E-state index contributed by atoms with van der Waals surface area (Å²) in [5.74, 6) is 1.04. The number of carbonyl (C=O) groups is 1. The van der Waals surface area contributed by atoms with Crippen molar-refractivity contribution in [3.8, 4) is 5.75 Å². The van der Waals surface area contributed by atoms with Crippen LogP contribution >= 0.6 is 11.6 Å². The first-order valence-electron chi connectivity index (χ1n) is 6.75. The molecule has 2 rings (SSSR count). The molecular formula is C15H20ClNO3. The van der Waals surface area contributed by atoms with Crippen LogP contribution in [0.3, 0.4) is 0 Å². The standard InChI is InChI=1S/C15H20ClNO3/c1-11-4-3-5-13(19-2)15(11)17(14(18)8-16)10-20-9-12-6-7-12/h3-5,12H,6-10H2,1-2H3. The van der Waals surface area contributed by atoms with Crippen molar-refractivity contribution in [2.45, 2.75) is 19.8 Å². The van der Waals surface area contributed by atoms with Gasteiger partial charge in [0, 0.05) is 0 Å². The van der Waals surface area contributed by atoms with E-state index in [1.54, 1.807) is 12.0 Å². The molecule has 1 aromatic rings. The van der Waals surface area contributed by atoms with Crippen molar-refractivity contribution in [2.24, 2.45) is 5.92 Å². The molecular weight excluding hydrogens is 278 g/mol. The van der Waals surface area contributed by atoms with E-state index in [0.29, 0.717) is 18.3 Å². The van der Waals surface area contributed by atoms with Gasteiger partial charge >= 0.3 is 0 Å². The van der Waals surface area contributed by atoms with Gasteiger partial charge in [-0.3, -0.25) is 9.69 Å². The number of para-hydroxylation sites is 1. The van der Waals surface area contributed by atoms with Crippen LogP contribution in [0.4, 0.5) is 5.69 Å². The number of rotatable bonds is 7. The second-order valence-electron chi connectivity index (χ2n) is 5.02. The van der Waals surface area contributed by atoms with Gasteiger partial charge in [-0.2, -0.15) is 0 Å². The Bertz CT molecular complexity index is 474. The van der Waals surface area contributed by atoms with Gasteiger partial charge in [-0.25, -0.2) is 0 Å². The van der Waals surface area contributed by atoms with E-state index < -0.39 is 0 Å². The molecule has 1 aliphatic carbocycles. The zero-order valence-corrected chi connectivity index (χ0v) is 12.7. The minimum absolute atomic E-state index is 0.0791. The lowest BCUT2D eigenvalue weighted by Crippen LogP contribution is -2.35. The summed E-state index contributed by atoms with van der Waals surface area (Å²) in [6.07, 6.45) is 2.44. The normalized spacial score (nSPS) is 14.2. The fraction of sp³-hybridized carbons (Fsp3) is 0.533. The average molecular weight is 298 g/mol. The van der Waals surface area contributed by atoms with Crippen LogP contribution in [0.2, 0.25) is 0 Å². The van der Waals surface area contributed by atoms with Crippen molar-refractivity contribution in [2.75, 3.05) is 31.2 Å². The summed E-state index contributed by atoms with van der Waals surface area (Å²) in [4.78, 5) is 13.6. The Kier molecular flexibility index (Phi) is 5.26. The first-order chi connectivity index (χ1) is 9.67. The van der Waals surface area contributed by atoms with Gasteiger partial charge in [-0.1, -0.05) is 12.1 Å². The third-order valence-corrected chi connectivity index (χ3v) is 3.61. The zero-order chi connectivity index (χ0) is 14.5. The summed E-state index contributed by atoms with van der Waals surface area (Å²) in [6.45, 7) is 2.84. The van der Waals surface area contributed by atoms with Gasteiger partial charge in [0.1, 0.15) is 18.4 Å². The highest BCUT2D eigenvalue weighted by Crippen LogP contribution is 2.33. The minimum atomic E-state index is -0.185. The highest BCUT2D eigenvalue weighted by Gasteiger charge is 2.24. The lowest BCUT2D eigenvalue weighted by molar-refractivity contribution is -0.117. The van der Waals surface area contributed by atoms with Gasteiger partial charge in [-0.15, -0.1) is 11.6 Å². The van der Waals surface area contributed by atoms with Crippen LogP contribution in [0.25, 0.3) is 0 Å². The van der Waals surface area contributed by atoms with Crippen LogP contribution in [0.1, 0.15) is 18.4 Å². The van der Waals surface area contributed by atoms with Gasteiger partial charge < -0.3 is 9.47 Å². The SMILES string of the molecule is COc1cccc(C)c1N(COCC1CC1)C(=O)CCl. The molecule has 0 N–H and O–H groups in total. The number of nitrogens with zero attached hydrogens (tertiary/aromatic N) is 1. The number of carbonyl (C=O) groups excluding carboxylic acids is 1. The Morgan fingerprint density at radius 2 is 2.20 bits per heavy atom. The van der Waals surface area contributed by atoms with E-state index in [-0.39, 0.29) is 18.5 Å². The summed E-state index contributed by atoms with van der Waals surface area (Å²) in [5, 5.41) is 0. The Labute approximate surface area is 124 Å². The monoisotopic (exact) mass is 297 g/mol. The first kappa shape index (κ1) is 15.1. The number of ether oxygens (including phenoxy) is 2. The van der Waals surface area contributed by atoms with Crippen LogP contribution in [-0.4, -0.2) is 32.2 Å². The molecule has 1 saturated carbocycles. The molecule has 0 bridgehead atoms. The Balaban J connectivity index is 2.17. The molecule has 0 spiro atoms. The van der Waals surface area contributed by atoms with Crippen LogP contribution in [0.5, 0.6) is 5.75 Å². The molecule has 0 radical (unpaired) electrons. The lowest BCUT2D eigenvalue weighted by Gasteiger charge is -2.25. The van der Waals surface area contributed by atoms with Crippen LogP contribution in [0, 0.1) is 12.8 Å². The molecule has 20 heavy (non-hydrogen) atoms.